The van der Waals surface area contributed by atoms with Gasteiger partial charge in [0.1, 0.15) is 5.75 Å². The second kappa shape index (κ2) is 8.27. The lowest BCUT2D eigenvalue weighted by atomic mass is 10.2. The SMILES string of the molecule is O=C(Nc1ccc(SC(F)F)cc1)N1CCN(c2ccccc2O)CC1. The molecular formula is C18H19F2N3O2S. The van der Waals surface area contributed by atoms with Gasteiger partial charge in [-0.25, -0.2) is 4.79 Å². The minimum absolute atomic E-state index is 0.226. The van der Waals surface area contributed by atoms with Gasteiger partial charge in [0, 0.05) is 36.8 Å². The first kappa shape index (κ1) is 18.3. The van der Waals surface area contributed by atoms with Crippen molar-refractivity contribution >= 4 is 29.2 Å². The van der Waals surface area contributed by atoms with Gasteiger partial charge in [-0.2, -0.15) is 8.78 Å². The van der Waals surface area contributed by atoms with E-state index >= 15 is 0 Å². The summed E-state index contributed by atoms with van der Waals surface area (Å²) < 4.78 is 24.6. The number of nitrogens with one attached hydrogen (secondary N) is 1. The maximum absolute atomic E-state index is 12.4. The summed E-state index contributed by atoms with van der Waals surface area (Å²) in [4.78, 5) is 16.5. The molecule has 0 spiro atoms. The van der Waals surface area contributed by atoms with Crippen LogP contribution >= 0.6 is 11.8 Å². The molecule has 1 aliphatic rings. The van der Waals surface area contributed by atoms with Crippen LogP contribution in [0.3, 0.4) is 0 Å². The monoisotopic (exact) mass is 379 g/mol. The largest absolute Gasteiger partial charge is 0.506 e. The molecule has 0 unspecified atom stereocenters. The van der Waals surface area contributed by atoms with Gasteiger partial charge in [-0.05, 0) is 36.4 Å². The maximum Gasteiger partial charge on any atom is 0.321 e. The molecule has 8 heteroatoms. The van der Waals surface area contributed by atoms with Crippen LogP contribution in [0.4, 0.5) is 25.0 Å². The van der Waals surface area contributed by atoms with E-state index in [0.717, 1.165) is 5.69 Å². The van der Waals surface area contributed by atoms with Crippen LogP contribution < -0.4 is 10.2 Å². The minimum atomic E-state index is -2.46. The highest BCUT2D eigenvalue weighted by atomic mass is 32.2. The number of thioether (sulfide) groups is 1. The molecule has 0 saturated carbocycles. The molecule has 138 valence electrons. The fourth-order valence-corrected chi connectivity index (χ4v) is 3.30. The lowest BCUT2D eigenvalue weighted by Crippen LogP contribution is -2.50. The van der Waals surface area contributed by atoms with Gasteiger partial charge in [-0.1, -0.05) is 23.9 Å². The van der Waals surface area contributed by atoms with Gasteiger partial charge in [0.05, 0.1) is 5.69 Å². The summed E-state index contributed by atoms with van der Waals surface area (Å²) in [6.45, 7) is 2.29. The Kier molecular flexibility index (Phi) is 5.82. The summed E-state index contributed by atoms with van der Waals surface area (Å²) in [5.74, 6) is -2.23. The molecule has 1 heterocycles. The van der Waals surface area contributed by atoms with E-state index in [0.29, 0.717) is 48.5 Å². The third-order valence-corrected chi connectivity index (χ3v) is 4.84. The third-order valence-electron chi connectivity index (χ3n) is 4.12. The molecule has 3 rings (SSSR count). The number of phenols is 1. The zero-order valence-corrected chi connectivity index (χ0v) is 14.8. The Morgan fingerprint density at radius 2 is 1.69 bits per heavy atom. The number of amides is 2. The van der Waals surface area contributed by atoms with Crippen molar-refractivity contribution in [3.05, 3.63) is 48.5 Å². The summed E-state index contributed by atoms with van der Waals surface area (Å²) in [5, 5.41) is 12.7. The van der Waals surface area contributed by atoms with Crippen LogP contribution in [-0.4, -0.2) is 48.0 Å². The van der Waals surface area contributed by atoms with Crippen molar-refractivity contribution < 1.29 is 18.7 Å². The van der Waals surface area contributed by atoms with E-state index in [1.165, 1.54) is 0 Å². The number of hydrogen-bond acceptors (Lipinski definition) is 4. The van der Waals surface area contributed by atoms with E-state index in [2.05, 4.69) is 5.32 Å². The van der Waals surface area contributed by atoms with Gasteiger partial charge in [-0.15, -0.1) is 0 Å². The number of benzene rings is 2. The maximum atomic E-state index is 12.4. The smallest absolute Gasteiger partial charge is 0.321 e. The molecular weight excluding hydrogens is 360 g/mol. The predicted octanol–water partition coefficient (Wildman–Crippen LogP) is 4.06. The summed E-state index contributed by atoms with van der Waals surface area (Å²) >= 11 is 0.471. The highest BCUT2D eigenvalue weighted by Crippen LogP contribution is 2.28. The number of anilines is 2. The molecule has 2 N–H and O–H groups in total. The fraction of sp³-hybridized carbons (Fsp3) is 0.278. The molecule has 0 aromatic heterocycles. The number of nitrogens with zero attached hydrogens (tertiary/aromatic N) is 2. The molecule has 0 aliphatic carbocycles. The normalized spacial score (nSPS) is 14.6. The van der Waals surface area contributed by atoms with E-state index in [-0.39, 0.29) is 11.8 Å². The Bertz CT molecular complexity index is 750. The third kappa shape index (κ3) is 4.57. The van der Waals surface area contributed by atoms with Gasteiger partial charge in [0.25, 0.3) is 5.76 Å². The molecule has 1 aliphatic heterocycles. The topological polar surface area (TPSA) is 55.8 Å². The summed E-state index contributed by atoms with van der Waals surface area (Å²) in [6.07, 6.45) is 0. The number of para-hydroxylation sites is 2. The number of aromatic hydroxyl groups is 1. The number of halogens is 2. The van der Waals surface area contributed by atoms with Crippen molar-refractivity contribution in [2.24, 2.45) is 0 Å². The number of urea groups is 1. The molecule has 2 aromatic carbocycles. The van der Waals surface area contributed by atoms with Crippen LogP contribution in [0.5, 0.6) is 5.75 Å². The van der Waals surface area contributed by atoms with Crippen LogP contribution in [0, 0.1) is 0 Å². The predicted molar refractivity (Wildman–Crippen MR) is 99.2 cm³/mol. The van der Waals surface area contributed by atoms with Gasteiger partial charge in [-0.3, -0.25) is 0 Å². The van der Waals surface area contributed by atoms with Crippen molar-refractivity contribution in [3.63, 3.8) is 0 Å². The van der Waals surface area contributed by atoms with E-state index < -0.39 is 5.76 Å². The first-order chi connectivity index (χ1) is 12.5. The van der Waals surface area contributed by atoms with Crippen molar-refractivity contribution in [2.75, 3.05) is 36.4 Å². The molecule has 2 amide bonds. The van der Waals surface area contributed by atoms with Crippen LogP contribution in [0.1, 0.15) is 0 Å². The van der Waals surface area contributed by atoms with Crippen LogP contribution in [-0.2, 0) is 0 Å². The molecule has 1 fully saturated rings. The van der Waals surface area contributed by atoms with Crippen LogP contribution in [0.2, 0.25) is 0 Å². The summed E-state index contributed by atoms with van der Waals surface area (Å²) in [6, 6.07) is 13.2. The number of rotatable bonds is 4. The first-order valence-electron chi connectivity index (χ1n) is 8.16. The zero-order valence-electron chi connectivity index (χ0n) is 13.9. The number of alkyl halides is 2. The Morgan fingerprint density at radius 1 is 1.04 bits per heavy atom. The van der Waals surface area contributed by atoms with Crippen molar-refractivity contribution in [1.82, 2.24) is 4.90 Å². The Balaban J connectivity index is 1.53. The fourth-order valence-electron chi connectivity index (χ4n) is 2.80. The molecule has 0 radical (unpaired) electrons. The van der Waals surface area contributed by atoms with Crippen LogP contribution in [0.15, 0.2) is 53.4 Å². The minimum Gasteiger partial charge on any atom is -0.506 e. The van der Waals surface area contributed by atoms with Gasteiger partial charge in [0.15, 0.2) is 0 Å². The summed E-state index contributed by atoms with van der Waals surface area (Å²) in [7, 11) is 0. The quantitative estimate of drug-likeness (QED) is 0.787. The Hall–Kier alpha value is -2.48. The molecule has 26 heavy (non-hydrogen) atoms. The number of piperazine rings is 1. The van der Waals surface area contributed by atoms with Gasteiger partial charge in [0.2, 0.25) is 0 Å². The van der Waals surface area contributed by atoms with E-state index in [1.807, 2.05) is 17.0 Å². The van der Waals surface area contributed by atoms with E-state index in [4.69, 9.17) is 0 Å². The number of phenolic OH excluding ortho intramolecular Hbond substituents is 1. The lowest BCUT2D eigenvalue weighted by Gasteiger charge is -2.36. The molecule has 1 saturated heterocycles. The van der Waals surface area contributed by atoms with E-state index in [1.54, 1.807) is 41.3 Å². The highest BCUT2D eigenvalue weighted by molar-refractivity contribution is 7.99. The number of carbonyl (C=O) groups is 1. The summed E-state index contributed by atoms with van der Waals surface area (Å²) in [5.41, 5.74) is 1.33. The first-order valence-corrected chi connectivity index (χ1v) is 9.04. The average molecular weight is 379 g/mol. The van der Waals surface area contributed by atoms with Crippen LogP contribution in [0.25, 0.3) is 0 Å². The second-order valence-electron chi connectivity index (χ2n) is 5.80. The van der Waals surface area contributed by atoms with Crippen molar-refractivity contribution in [2.45, 2.75) is 10.7 Å². The van der Waals surface area contributed by atoms with E-state index in [9.17, 15) is 18.7 Å². The average Bonchev–Trinajstić information content (AvgIpc) is 2.63. The Morgan fingerprint density at radius 3 is 2.31 bits per heavy atom. The number of hydrogen-bond donors (Lipinski definition) is 2. The number of carbonyl (C=O) groups excluding carboxylic acids is 1. The Labute approximate surface area is 154 Å². The molecule has 2 aromatic rings. The standard InChI is InChI=1S/C18H19F2N3O2S/c19-17(20)26-14-7-5-13(6-8-14)21-18(25)23-11-9-22(10-12-23)15-3-1-2-4-16(15)24/h1-8,17,24H,9-12H2,(H,21,25). The zero-order chi connectivity index (χ0) is 18.5. The molecule has 0 bridgehead atoms. The van der Waals surface area contributed by atoms with Crippen molar-refractivity contribution in [3.8, 4) is 5.75 Å². The molecule has 0 atom stereocenters. The van der Waals surface area contributed by atoms with Gasteiger partial charge >= 0.3 is 6.03 Å². The highest BCUT2D eigenvalue weighted by Gasteiger charge is 2.22. The second-order valence-corrected chi connectivity index (χ2v) is 6.86. The lowest BCUT2D eigenvalue weighted by molar-refractivity contribution is 0.208. The molecule has 5 nitrogen and oxygen atoms in total. The van der Waals surface area contributed by atoms with Crippen molar-refractivity contribution in [1.29, 1.82) is 0 Å². The van der Waals surface area contributed by atoms with Gasteiger partial charge < -0.3 is 20.2 Å².